The van der Waals surface area contributed by atoms with Gasteiger partial charge in [-0.1, -0.05) is 42.1 Å². The van der Waals surface area contributed by atoms with E-state index >= 15 is 0 Å². The van der Waals surface area contributed by atoms with Crippen molar-refractivity contribution in [3.05, 3.63) is 42.0 Å². The monoisotopic (exact) mass is 488 g/mol. The summed E-state index contributed by atoms with van der Waals surface area (Å²) in [5, 5.41) is 3.94. The highest BCUT2D eigenvalue weighted by Gasteiger charge is 2.34. The number of benzene rings is 1. The molecule has 168 valence electrons. The third kappa shape index (κ3) is 4.54. The summed E-state index contributed by atoms with van der Waals surface area (Å²) in [5.74, 6) is 0.963. The number of hydrogen-bond donors (Lipinski definition) is 0. The van der Waals surface area contributed by atoms with Crippen molar-refractivity contribution in [3.8, 4) is 11.1 Å². The molecular weight excluding hydrogens is 464 g/mol. The van der Waals surface area contributed by atoms with Crippen LogP contribution in [0.3, 0.4) is 0 Å². The van der Waals surface area contributed by atoms with Crippen molar-refractivity contribution >= 4 is 49.1 Å². The second kappa shape index (κ2) is 9.09. The largest absolute Gasteiger partial charge is 0.339 e. The first-order valence-corrected chi connectivity index (χ1v) is 14.3. The van der Waals surface area contributed by atoms with Crippen LogP contribution in [0.1, 0.15) is 6.42 Å². The standard InChI is InChI=1S/C22H24N4O3S3/c27-19(26-9-7-25(8-10-26)17-6-11-32(28,29)14-17)13-31-22-20-18(16-4-2-1-3-5-16)12-30-21(20)23-15-24-22/h1-5,12,15,17H,6-11,13-14H2. The van der Waals surface area contributed by atoms with Crippen molar-refractivity contribution in [1.82, 2.24) is 19.8 Å². The lowest BCUT2D eigenvalue weighted by atomic mass is 10.1. The molecule has 0 N–H and O–H groups in total. The lowest BCUT2D eigenvalue weighted by Gasteiger charge is -2.37. The van der Waals surface area contributed by atoms with E-state index < -0.39 is 9.84 Å². The minimum absolute atomic E-state index is 0.0944. The maximum absolute atomic E-state index is 12.9. The van der Waals surface area contributed by atoms with Crippen molar-refractivity contribution in [2.45, 2.75) is 17.5 Å². The zero-order chi connectivity index (χ0) is 22.1. The van der Waals surface area contributed by atoms with E-state index in [0.29, 0.717) is 25.3 Å². The van der Waals surface area contributed by atoms with Crippen molar-refractivity contribution in [2.75, 3.05) is 43.4 Å². The Labute approximate surface area is 195 Å². The highest BCUT2D eigenvalue weighted by atomic mass is 32.2. The van der Waals surface area contributed by atoms with Gasteiger partial charge in [-0.25, -0.2) is 18.4 Å². The smallest absolute Gasteiger partial charge is 0.233 e. The van der Waals surface area contributed by atoms with Gasteiger partial charge < -0.3 is 4.90 Å². The summed E-state index contributed by atoms with van der Waals surface area (Å²) in [6, 6.07) is 10.3. The molecular formula is C22H24N4O3S3. The zero-order valence-electron chi connectivity index (χ0n) is 17.5. The van der Waals surface area contributed by atoms with E-state index in [1.165, 1.54) is 11.8 Å². The molecule has 0 aliphatic carbocycles. The zero-order valence-corrected chi connectivity index (χ0v) is 20.0. The summed E-state index contributed by atoms with van der Waals surface area (Å²) in [5.41, 5.74) is 2.22. The Kier molecular flexibility index (Phi) is 6.20. The molecule has 0 spiro atoms. The number of fused-ring (bicyclic) bond motifs is 1. The molecule has 2 fully saturated rings. The van der Waals surface area contributed by atoms with E-state index in [4.69, 9.17) is 0 Å². The van der Waals surface area contributed by atoms with Crippen LogP contribution in [0.5, 0.6) is 0 Å². The second-order valence-corrected chi connectivity index (χ2v) is 12.2. The van der Waals surface area contributed by atoms with Gasteiger partial charge in [-0.3, -0.25) is 9.69 Å². The molecule has 0 radical (unpaired) electrons. The topological polar surface area (TPSA) is 83.5 Å². The molecule has 5 rings (SSSR count). The van der Waals surface area contributed by atoms with Gasteiger partial charge >= 0.3 is 0 Å². The molecule has 1 atom stereocenters. The van der Waals surface area contributed by atoms with Crippen LogP contribution < -0.4 is 0 Å². The molecule has 1 unspecified atom stereocenters. The number of hydrogen-bond acceptors (Lipinski definition) is 8. The summed E-state index contributed by atoms with van der Waals surface area (Å²) in [4.78, 5) is 26.8. The molecule has 2 aliphatic rings. The number of piperazine rings is 1. The Balaban J connectivity index is 1.23. The lowest BCUT2D eigenvalue weighted by molar-refractivity contribution is -0.130. The van der Waals surface area contributed by atoms with Crippen molar-refractivity contribution in [3.63, 3.8) is 0 Å². The van der Waals surface area contributed by atoms with Gasteiger partial charge in [0.15, 0.2) is 9.84 Å². The van der Waals surface area contributed by atoms with Crippen LogP contribution in [0.25, 0.3) is 21.3 Å². The predicted molar refractivity (Wildman–Crippen MR) is 129 cm³/mol. The molecule has 2 aliphatic heterocycles. The number of thiophene rings is 1. The Morgan fingerprint density at radius 2 is 1.91 bits per heavy atom. The highest BCUT2D eigenvalue weighted by molar-refractivity contribution is 8.00. The quantitative estimate of drug-likeness (QED) is 0.403. The van der Waals surface area contributed by atoms with E-state index in [-0.39, 0.29) is 23.5 Å². The lowest BCUT2D eigenvalue weighted by Crippen LogP contribution is -2.52. The molecule has 3 aromatic rings. The van der Waals surface area contributed by atoms with Crippen LogP contribution in [0.4, 0.5) is 0 Å². The number of carbonyl (C=O) groups is 1. The Bertz CT molecular complexity index is 1220. The van der Waals surface area contributed by atoms with Crippen molar-refractivity contribution < 1.29 is 13.2 Å². The maximum Gasteiger partial charge on any atom is 0.233 e. The summed E-state index contributed by atoms with van der Waals surface area (Å²) in [6.07, 6.45) is 2.27. The van der Waals surface area contributed by atoms with Crippen LogP contribution in [-0.4, -0.2) is 83.6 Å². The first-order valence-electron chi connectivity index (χ1n) is 10.6. The molecule has 1 amide bonds. The van der Waals surface area contributed by atoms with E-state index in [0.717, 1.165) is 39.5 Å². The molecule has 0 bridgehead atoms. The van der Waals surface area contributed by atoms with Gasteiger partial charge in [-0.15, -0.1) is 11.3 Å². The Hall–Kier alpha value is -2.01. The average molecular weight is 489 g/mol. The fraction of sp³-hybridized carbons (Fsp3) is 0.409. The van der Waals surface area contributed by atoms with Crippen LogP contribution in [0, 0.1) is 0 Å². The van der Waals surface area contributed by atoms with Gasteiger partial charge in [-0.05, 0) is 12.0 Å². The van der Waals surface area contributed by atoms with E-state index in [2.05, 4.69) is 32.4 Å². The molecule has 0 saturated carbocycles. The molecule has 7 nitrogen and oxygen atoms in total. The summed E-state index contributed by atoms with van der Waals surface area (Å²) >= 11 is 3.05. The number of carbonyl (C=O) groups excluding carboxylic acids is 1. The number of sulfone groups is 1. The Morgan fingerprint density at radius 1 is 1.12 bits per heavy atom. The van der Waals surface area contributed by atoms with Crippen LogP contribution in [-0.2, 0) is 14.6 Å². The molecule has 4 heterocycles. The number of nitrogens with zero attached hydrogens (tertiary/aromatic N) is 4. The first-order chi connectivity index (χ1) is 15.5. The summed E-state index contributed by atoms with van der Waals surface area (Å²) in [7, 11) is -2.89. The fourth-order valence-corrected chi connectivity index (χ4v) is 8.07. The van der Waals surface area contributed by atoms with Crippen LogP contribution >= 0.6 is 23.1 Å². The molecule has 1 aromatic carbocycles. The van der Waals surface area contributed by atoms with Gasteiger partial charge in [0.05, 0.1) is 22.6 Å². The van der Waals surface area contributed by atoms with Gasteiger partial charge in [0.25, 0.3) is 0 Å². The molecule has 2 saturated heterocycles. The maximum atomic E-state index is 12.9. The van der Waals surface area contributed by atoms with Gasteiger partial charge in [0, 0.05) is 43.2 Å². The van der Waals surface area contributed by atoms with Gasteiger partial charge in [0.1, 0.15) is 16.2 Å². The minimum atomic E-state index is -2.89. The normalized spacial score (nSPS) is 21.2. The second-order valence-electron chi connectivity index (χ2n) is 8.14. The van der Waals surface area contributed by atoms with Crippen LogP contribution in [0.15, 0.2) is 47.1 Å². The van der Waals surface area contributed by atoms with E-state index in [1.807, 2.05) is 23.1 Å². The summed E-state index contributed by atoms with van der Waals surface area (Å²) < 4.78 is 23.5. The van der Waals surface area contributed by atoms with Gasteiger partial charge in [-0.2, -0.15) is 0 Å². The van der Waals surface area contributed by atoms with E-state index in [9.17, 15) is 13.2 Å². The SMILES string of the molecule is O=C(CSc1ncnc2scc(-c3ccccc3)c12)N1CCN(C2CCS(=O)(=O)C2)CC1. The third-order valence-corrected chi connectivity index (χ3v) is 9.76. The summed E-state index contributed by atoms with van der Waals surface area (Å²) in [6.45, 7) is 2.75. The molecule has 2 aromatic heterocycles. The third-order valence-electron chi connectivity index (χ3n) is 6.14. The molecule has 10 heteroatoms. The minimum Gasteiger partial charge on any atom is -0.339 e. The van der Waals surface area contributed by atoms with E-state index in [1.54, 1.807) is 17.7 Å². The predicted octanol–water partition coefficient (Wildman–Crippen LogP) is 2.78. The number of thioether (sulfide) groups is 1. The van der Waals surface area contributed by atoms with Crippen molar-refractivity contribution in [1.29, 1.82) is 0 Å². The fourth-order valence-electron chi connectivity index (χ4n) is 4.41. The average Bonchev–Trinajstić information content (AvgIpc) is 3.41. The van der Waals surface area contributed by atoms with Crippen molar-refractivity contribution in [2.24, 2.45) is 0 Å². The first kappa shape index (κ1) is 21.8. The number of aromatic nitrogens is 2. The number of amides is 1. The van der Waals surface area contributed by atoms with Gasteiger partial charge in [0.2, 0.25) is 5.91 Å². The molecule has 32 heavy (non-hydrogen) atoms. The highest BCUT2D eigenvalue weighted by Crippen LogP contribution is 2.37. The van der Waals surface area contributed by atoms with Crippen LogP contribution in [0.2, 0.25) is 0 Å². The number of rotatable bonds is 5. The Morgan fingerprint density at radius 3 is 2.62 bits per heavy atom.